The molecule has 0 bridgehead atoms. The predicted molar refractivity (Wildman–Crippen MR) is 35.7 cm³/mol. The maximum atomic E-state index is 5.55. The number of nitrogens with two attached hydrogens (primary N) is 1. The highest BCUT2D eigenvalue weighted by molar-refractivity contribution is 5.46. The van der Waals surface area contributed by atoms with Gasteiger partial charge in [-0.15, -0.1) is 0 Å². The quantitative estimate of drug-likeness (QED) is 0.578. The van der Waals surface area contributed by atoms with Gasteiger partial charge in [0.2, 0.25) is 0 Å². The molecule has 0 aliphatic carbocycles. The Balaban J connectivity index is 2.59. The Kier molecular flexibility index (Phi) is 1.01. The first kappa shape index (κ1) is 5.49. The first-order valence-electron chi connectivity index (χ1n) is 2.98. The number of aromatic nitrogens is 1. The van der Waals surface area contributed by atoms with Crippen molar-refractivity contribution in [2.45, 2.75) is 6.17 Å². The topological polar surface area (TPSA) is 63.6 Å². The van der Waals surface area contributed by atoms with Crippen molar-refractivity contribution < 1.29 is 0 Å². The number of azo groups is 1. The normalized spacial score (nSPS) is 21.1. The van der Waals surface area contributed by atoms with Crippen LogP contribution in [0.5, 0.6) is 0 Å². The van der Waals surface area contributed by atoms with Gasteiger partial charge in [-0.25, -0.2) is 0 Å². The molecule has 0 spiro atoms. The summed E-state index contributed by atoms with van der Waals surface area (Å²) in [6.45, 7) is 0. The fourth-order valence-corrected chi connectivity index (χ4v) is 0.905. The Hall–Kier alpha value is -1.29. The van der Waals surface area contributed by atoms with Crippen molar-refractivity contribution in [3.8, 4) is 0 Å². The van der Waals surface area contributed by atoms with Crippen LogP contribution in [0.4, 0.5) is 5.69 Å². The second-order valence-corrected chi connectivity index (χ2v) is 2.09. The molecule has 1 aromatic heterocycles. The summed E-state index contributed by atoms with van der Waals surface area (Å²) >= 11 is 0. The van der Waals surface area contributed by atoms with Crippen molar-refractivity contribution in [1.82, 2.24) is 4.98 Å². The van der Waals surface area contributed by atoms with Crippen molar-refractivity contribution in [3.05, 3.63) is 24.0 Å². The molecular weight excluding hydrogens is 128 g/mol. The SMILES string of the molecule is NC1N=Nc2ccncc21. The summed E-state index contributed by atoms with van der Waals surface area (Å²) in [5, 5.41) is 7.61. The summed E-state index contributed by atoms with van der Waals surface area (Å²) in [6, 6.07) is 1.80. The largest absolute Gasteiger partial charge is 0.304 e. The fraction of sp³-hybridized carbons (Fsp3) is 0.167. The van der Waals surface area contributed by atoms with E-state index in [-0.39, 0.29) is 6.17 Å². The molecule has 2 rings (SSSR count). The molecule has 0 saturated carbocycles. The average Bonchev–Trinajstić information content (AvgIpc) is 2.34. The van der Waals surface area contributed by atoms with Gasteiger partial charge in [-0.1, -0.05) is 0 Å². The van der Waals surface area contributed by atoms with Crippen LogP contribution in [0.25, 0.3) is 0 Å². The van der Waals surface area contributed by atoms with Crippen LogP contribution in [0.1, 0.15) is 11.7 Å². The standard InChI is InChI=1S/C6H6N4/c7-6-4-3-8-2-1-5(4)9-10-6/h1-3,6H,7H2. The number of hydrogen-bond donors (Lipinski definition) is 1. The van der Waals surface area contributed by atoms with E-state index in [0.717, 1.165) is 11.3 Å². The number of hydrogen-bond acceptors (Lipinski definition) is 4. The van der Waals surface area contributed by atoms with Crippen molar-refractivity contribution in [2.24, 2.45) is 16.0 Å². The second-order valence-electron chi connectivity index (χ2n) is 2.09. The number of pyridine rings is 1. The highest BCUT2D eigenvalue weighted by atomic mass is 15.2. The molecule has 0 radical (unpaired) electrons. The highest BCUT2D eigenvalue weighted by Crippen LogP contribution is 2.30. The minimum absolute atomic E-state index is 0.302. The molecule has 2 N–H and O–H groups in total. The Morgan fingerprint density at radius 3 is 3.20 bits per heavy atom. The lowest BCUT2D eigenvalue weighted by Crippen LogP contribution is -2.03. The molecular formula is C6H6N4. The Morgan fingerprint density at radius 2 is 2.40 bits per heavy atom. The molecule has 1 aliphatic heterocycles. The molecule has 0 saturated heterocycles. The Labute approximate surface area is 57.8 Å². The van der Waals surface area contributed by atoms with Crippen molar-refractivity contribution in [1.29, 1.82) is 0 Å². The maximum Gasteiger partial charge on any atom is 0.148 e. The van der Waals surface area contributed by atoms with Gasteiger partial charge < -0.3 is 5.73 Å². The molecule has 0 amide bonds. The lowest BCUT2D eigenvalue weighted by molar-refractivity contribution is 0.766. The summed E-state index contributed by atoms with van der Waals surface area (Å²) in [5.41, 5.74) is 7.29. The van der Waals surface area contributed by atoms with E-state index in [2.05, 4.69) is 15.2 Å². The van der Waals surface area contributed by atoms with Gasteiger partial charge >= 0.3 is 0 Å². The van der Waals surface area contributed by atoms with Gasteiger partial charge in [0.05, 0.1) is 5.69 Å². The van der Waals surface area contributed by atoms with Crippen LogP contribution in [0.15, 0.2) is 28.7 Å². The van der Waals surface area contributed by atoms with Crippen molar-refractivity contribution in [2.75, 3.05) is 0 Å². The van der Waals surface area contributed by atoms with Gasteiger partial charge in [-0.2, -0.15) is 10.2 Å². The molecule has 1 aliphatic rings. The van der Waals surface area contributed by atoms with Crippen molar-refractivity contribution in [3.63, 3.8) is 0 Å². The molecule has 10 heavy (non-hydrogen) atoms. The lowest BCUT2D eigenvalue weighted by atomic mass is 10.2. The van der Waals surface area contributed by atoms with E-state index < -0.39 is 0 Å². The molecule has 1 unspecified atom stereocenters. The average molecular weight is 134 g/mol. The molecule has 4 heteroatoms. The maximum absolute atomic E-state index is 5.55. The summed E-state index contributed by atoms with van der Waals surface area (Å²) in [6.07, 6.45) is 3.07. The molecule has 4 nitrogen and oxygen atoms in total. The third-order valence-corrected chi connectivity index (χ3v) is 1.44. The van der Waals surface area contributed by atoms with Crippen LogP contribution < -0.4 is 5.73 Å². The fourth-order valence-electron chi connectivity index (χ4n) is 0.905. The number of fused-ring (bicyclic) bond motifs is 1. The first-order chi connectivity index (χ1) is 4.88. The zero-order chi connectivity index (χ0) is 6.97. The van der Waals surface area contributed by atoms with Crippen molar-refractivity contribution >= 4 is 5.69 Å². The summed E-state index contributed by atoms with van der Waals surface area (Å²) in [5.74, 6) is 0. The van der Waals surface area contributed by atoms with E-state index in [4.69, 9.17) is 5.73 Å². The molecule has 2 heterocycles. The number of rotatable bonds is 0. The zero-order valence-corrected chi connectivity index (χ0v) is 5.23. The third-order valence-electron chi connectivity index (χ3n) is 1.44. The van der Waals surface area contributed by atoms with Crippen LogP contribution in [-0.4, -0.2) is 4.98 Å². The zero-order valence-electron chi connectivity index (χ0n) is 5.23. The second kappa shape index (κ2) is 1.85. The van der Waals surface area contributed by atoms with E-state index in [1.807, 2.05) is 0 Å². The van der Waals surface area contributed by atoms with E-state index in [1.165, 1.54) is 0 Å². The summed E-state index contributed by atoms with van der Waals surface area (Å²) in [4.78, 5) is 3.91. The molecule has 50 valence electrons. The molecule has 0 aromatic carbocycles. The van der Waals surface area contributed by atoms with Gasteiger partial charge in [-0.05, 0) is 6.07 Å². The summed E-state index contributed by atoms with van der Waals surface area (Å²) < 4.78 is 0. The van der Waals surface area contributed by atoms with Crippen LogP contribution in [-0.2, 0) is 0 Å². The van der Waals surface area contributed by atoms with E-state index >= 15 is 0 Å². The van der Waals surface area contributed by atoms with Gasteiger partial charge in [-0.3, -0.25) is 4.98 Å². The molecule has 1 aromatic rings. The predicted octanol–water partition coefficient (Wildman–Crippen LogP) is 1.14. The Bertz CT molecular complexity index is 281. The minimum atomic E-state index is -0.302. The molecule has 1 atom stereocenters. The van der Waals surface area contributed by atoms with Crippen LogP contribution >= 0.6 is 0 Å². The molecule has 0 fully saturated rings. The monoisotopic (exact) mass is 134 g/mol. The van der Waals surface area contributed by atoms with Gasteiger partial charge in [0.25, 0.3) is 0 Å². The van der Waals surface area contributed by atoms with Crippen LogP contribution in [0.2, 0.25) is 0 Å². The van der Waals surface area contributed by atoms with E-state index in [0.29, 0.717) is 0 Å². The van der Waals surface area contributed by atoms with Gasteiger partial charge in [0, 0.05) is 18.0 Å². The Morgan fingerprint density at radius 1 is 1.50 bits per heavy atom. The number of nitrogens with zero attached hydrogens (tertiary/aromatic N) is 3. The third kappa shape index (κ3) is 0.625. The smallest absolute Gasteiger partial charge is 0.148 e. The van der Waals surface area contributed by atoms with Crippen LogP contribution in [0, 0.1) is 0 Å². The van der Waals surface area contributed by atoms with Gasteiger partial charge in [0.15, 0.2) is 0 Å². The summed E-state index contributed by atoms with van der Waals surface area (Å²) in [7, 11) is 0. The lowest BCUT2D eigenvalue weighted by Gasteiger charge is -1.96. The van der Waals surface area contributed by atoms with E-state index in [1.54, 1.807) is 18.5 Å². The minimum Gasteiger partial charge on any atom is -0.304 e. The van der Waals surface area contributed by atoms with Crippen LogP contribution in [0.3, 0.4) is 0 Å². The first-order valence-corrected chi connectivity index (χ1v) is 2.98. The van der Waals surface area contributed by atoms with Gasteiger partial charge in [0.1, 0.15) is 6.17 Å². The van der Waals surface area contributed by atoms with E-state index in [9.17, 15) is 0 Å². The highest BCUT2D eigenvalue weighted by Gasteiger charge is 2.14.